The molecule has 0 saturated heterocycles. The van der Waals surface area contributed by atoms with Crippen molar-refractivity contribution in [1.82, 2.24) is 0 Å². The first kappa shape index (κ1) is 11.7. The van der Waals surface area contributed by atoms with Crippen LogP contribution in [0.25, 0.3) is 11.6 Å². The molecular weight excluding hydrogens is 187 g/mol. The molecule has 0 aliphatic heterocycles. The van der Waals surface area contributed by atoms with Crippen LogP contribution in [0.4, 0.5) is 4.39 Å². The van der Waals surface area contributed by atoms with E-state index >= 15 is 0 Å². The van der Waals surface area contributed by atoms with Crippen LogP contribution in [0.2, 0.25) is 0 Å². The molecule has 1 heteroatoms. The highest BCUT2D eigenvalue weighted by Gasteiger charge is 2.00. The fourth-order valence-electron chi connectivity index (χ4n) is 1.76. The lowest BCUT2D eigenvalue weighted by atomic mass is 10.1. The number of halogens is 1. The maximum absolute atomic E-state index is 13.4. The molecule has 0 heterocycles. The highest BCUT2D eigenvalue weighted by atomic mass is 19.1. The predicted octanol–water partition coefficient (Wildman–Crippen LogP) is 2.68. The lowest BCUT2D eigenvalue weighted by Gasteiger charge is -2.01. The molecule has 1 aromatic carbocycles. The fourth-order valence-corrected chi connectivity index (χ4v) is 1.76. The second-order valence-corrected chi connectivity index (χ2v) is 4.13. The average molecular weight is 204 g/mol. The minimum atomic E-state index is -0.148. The van der Waals surface area contributed by atoms with Crippen molar-refractivity contribution in [1.29, 1.82) is 0 Å². The molecular formula is C14H17F. The average Bonchev–Trinajstić information content (AvgIpc) is 2.10. The topological polar surface area (TPSA) is 0 Å². The van der Waals surface area contributed by atoms with Crippen LogP contribution in [-0.4, -0.2) is 0 Å². The summed E-state index contributed by atoms with van der Waals surface area (Å²) in [6.45, 7) is 11.6. The summed E-state index contributed by atoms with van der Waals surface area (Å²) in [7, 11) is 0. The van der Waals surface area contributed by atoms with Crippen molar-refractivity contribution in [3.8, 4) is 0 Å². The van der Waals surface area contributed by atoms with E-state index in [1.165, 1.54) is 6.07 Å². The van der Waals surface area contributed by atoms with Crippen molar-refractivity contribution in [2.75, 3.05) is 0 Å². The maximum Gasteiger partial charge on any atom is 0.126 e. The Balaban J connectivity index is 3.80. The highest BCUT2D eigenvalue weighted by Crippen LogP contribution is 1.99. The molecule has 1 aromatic rings. The van der Waals surface area contributed by atoms with Gasteiger partial charge in [-0.05, 0) is 49.8 Å². The van der Waals surface area contributed by atoms with Crippen LogP contribution < -0.4 is 10.4 Å². The van der Waals surface area contributed by atoms with E-state index in [0.29, 0.717) is 5.56 Å². The van der Waals surface area contributed by atoms with Crippen LogP contribution in [0.3, 0.4) is 0 Å². The maximum atomic E-state index is 13.4. The Morgan fingerprint density at radius 3 is 2.33 bits per heavy atom. The minimum Gasteiger partial charge on any atom is -0.207 e. The summed E-state index contributed by atoms with van der Waals surface area (Å²) in [5, 5.41) is 2.04. The van der Waals surface area contributed by atoms with Crippen molar-refractivity contribution < 1.29 is 4.39 Å². The van der Waals surface area contributed by atoms with Crippen LogP contribution in [0, 0.1) is 12.7 Å². The molecule has 0 spiro atoms. The first-order valence-corrected chi connectivity index (χ1v) is 5.03. The van der Waals surface area contributed by atoms with Crippen molar-refractivity contribution in [3.63, 3.8) is 0 Å². The molecule has 0 aliphatic rings. The normalized spacial score (nSPS) is 11.7. The summed E-state index contributed by atoms with van der Waals surface area (Å²) in [6.07, 6.45) is 1.98. The smallest absolute Gasteiger partial charge is 0.126 e. The third kappa shape index (κ3) is 2.56. The van der Waals surface area contributed by atoms with Gasteiger partial charge in [0.05, 0.1) is 0 Å². The number of rotatable bonds is 1. The van der Waals surface area contributed by atoms with Crippen LogP contribution in [-0.2, 0) is 0 Å². The lowest BCUT2D eigenvalue weighted by molar-refractivity contribution is 0.616. The Labute approximate surface area is 90.4 Å². The van der Waals surface area contributed by atoms with Gasteiger partial charge in [0.2, 0.25) is 0 Å². The monoisotopic (exact) mass is 204 g/mol. The molecule has 0 nitrogen and oxygen atoms in total. The number of hydrogen-bond donors (Lipinski definition) is 0. The molecule has 80 valence electrons. The summed E-state index contributed by atoms with van der Waals surface area (Å²) >= 11 is 0. The van der Waals surface area contributed by atoms with Crippen molar-refractivity contribution in [3.05, 3.63) is 46.1 Å². The van der Waals surface area contributed by atoms with Gasteiger partial charge in [-0.1, -0.05) is 29.9 Å². The Kier molecular flexibility index (Phi) is 3.46. The van der Waals surface area contributed by atoms with E-state index in [4.69, 9.17) is 0 Å². The SMILES string of the molecule is C=C(C)/C=c1/ccc(F)c(C)c1=C(C)C. The molecule has 0 saturated carbocycles. The highest BCUT2D eigenvalue weighted by molar-refractivity contribution is 5.50. The summed E-state index contributed by atoms with van der Waals surface area (Å²) < 4.78 is 13.4. The number of benzene rings is 1. The van der Waals surface area contributed by atoms with E-state index in [1.807, 2.05) is 33.8 Å². The minimum absolute atomic E-state index is 0.148. The van der Waals surface area contributed by atoms with Crippen LogP contribution >= 0.6 is 0 Å². The van der Waals surface area contributed by atoms with Gasteiger partial charge in [-0.15, -0.1) is 0 Å². The molecule has 0 N–H and O–H groups in total. The molecule has 0 fully saturated rings. The van der Waals surface area contributed by atoms with E-state index in [1.54, 1.807) is 6.07 Å². The van der Waals surface area contributed by atoms with Gasteiger partial charge < -0.3 is 0 Å². The molecule has 0 aromatic heterocycles. The molecule has 0 radical (unpaired) electrons. The molecule has 0 amide bonds. The largest absolute Gasteiger partial charge is 0.207 e. The summed E-state index contributed by atoms with van der Waals surface area (Å²) in [5.41, 5.74) is 2.81. The zero-order valence-corrected chi connectivity index (χ0v) is 9.82. The van der Waals surface area contributed by atoms with Gasteiger partial charge in [0.25, 0.3) is 0 Å². The van der Waals surface area contributed by atoms with Gasteiger partial charge in [-0.25, -0.2) is 4.39 Å². The molecule has 0 bridgehead atoms. The first-order chi connectivity index (χ1) is 6.93. The Hall–Kier alpha value is -1.37. The van der Waals surface area contributed by atoms with Crippen LogP contribution in [0.5, 0.6) is 0 Å². The van der Waals surface area contributed by atoms with Gasteiger partial charge in [0, 0.05) is 0 Å². The fraction of sp³-hybridized carbons (Fsp3) is 0.286. The second kappa shape index (κ2) is 4.43. The lowest BCUT2D eigenvalue weighted by Crippen LogP contribution is -2.30. The van der Waals surface area contributed by atoms with E-state index < -0.39 is 0 Å². The molecule has 1 rings (SSSR count). The van der Waals surface area contributed by atoms with E-state index in [2.05, 4.69) is 6.58 Å². The van der Waals surface area contributed by atoms with E-state index in [9.17, 15) is 4.39 Å². The Morgan fingerprint density at radius 2 is 1.87 bits per heavy atom. The van der Waals surface area contributed by atoms with E-state index in [0.717, 1.165) is 21.6 Å². The van der Waals surface area contributed by atoms with Gasteiger partial charge in [0.15, 0.2) is 0 Å². The summed E-state index contributed by atoms with van der Waals surface area (Å²) in [4.78, 5) is 0. The Bertz CT molecular complexity index is 503. The van der Waals surface area contributed by atoms with Crippen molar-refractivity contribution in [2.45, 2.75) is 27.7 Å². The van der Waals surface area contributed by atoms with Gasteiger partial charge in [-0.3, -0.25) is 0 Å². The van der Waals surface area contributed by atoms with E-state index in [-0.39, 0.29) is 5.82 Å². The number of hydrogen-bond acceptors (Lipinski definition) is 0. The molecule has 0 unspecified atom stereocenters. The molecule has 0 aliphatic carbocycles. The first-order valence-electron chi connectivity index (χ1n) is 5.03. The quantitative estimate of drug-likeness (QED) is 0.659. The van der Waals surface area contributed by atoms with Crippen molar-refractivity contribution >= 4 is 11.6 Å². The predicted molar refractivity (Wildman–Crippen MR) is 64.4 cm³/mol. The van der Waals surface area contributed by atoms with Gasteiger partial charge >= 0.3 is 0 Å². The van der Waals surface area contributed by atoms with Gasteiger partial charge in [0.1, 0.15) is 5.82 Å². The summed E-state index contributed by atoms with van der Waals surface area (Å²) in [6, 6.07) is 3.32. The molecule has 15 heavy (non-hydrogen) atoms. The standard InChI is InChI=1S/C14H17F/c1-9(2)8-12-6-7-13(15)11(5)14(12)10(3)4/h6-8H,1H2,2-5H3/b12-8-. The second-order valence-electron chi connectivity index (χ2n) is 4.13. The third-order valence-electron chi connectivity index (χ3n) is 2.33. The van der Waals surface area contributed by atoms with Crippen molar-refractivity contribution in [2.24, 2.45) is 0 Å². The van der Waals surface area contributed by atoms with Crippen LogP contribution in [0.1, 0.15) is 26.3 Å². The molecule has 0 atom stereocenters. The summed E-state index contributed by atoms with van der Waals surface area (Å²) in [5.74, 6) is -0.148. The zero-order valence-electron chi connectivity index (χ0n) is 9.82. The Morgan fingerprint density at radius 1 is 1.27 bits per heavy atom. The number of allylic oxidation sites excluding steroid dienone is 1. The third-order valence-corrected chi connectivity index (χ3v) is 2.33. The zero-order chi connectivity index (χ0) is 11.6. The van der Waals surface area contributed by atoms with Crippen LogP contribution in [0.15, 0.2) is 24.3 Å². The van der Waals surface area contributed by atoms with Gasteiger partial charge in [-0.2, -0.15) is 0 Å².